The number of rotatable bonds is 7. The molecule has 1 unspecified atom stereocenters. The summed E-state index contributed by atoms with van der Waals surface area (Å²) in [6, 6.07) is 13.8. The molecule has 2 aromatic rings. The summed E-state index contributed by atoms with van der Waals surface area (Å²) >= 11 is 5.88. The van der Waals surface area contributed by atoms with Crippen LogP contribution < -0.4 is 0 Å². The minimum atomic E-state index is -7.04. The SMILES string of the molecule is CC1=C(c2ccc(Cl)cc2)N(Cc2ccccc2)C(=O)C1(C)CC(F)(F)C(F)(F)C(F)(F)C(F)(F)F. The van der Waals surface area contributed by atoms with E-state index in [2.05, 4.69) is 0 Å². The van der Waals surface area contributed by atoms with Gasteiger partial charge in [-0.15, -0.1) is 0 Å². The molecule has 0 fully saturated rings. The van der Waals surface area contributed by atoms with Crippen molar-refractivity contribution in [3.8, 4) is 0 Å². The second-order valence-corrected chi connectivity index (χ2v) is 9.15. The molecule has 1 heterocycles. The lowest BCUT2D eigenvalue weighted by molar-refractivity contribution is -0.398. The zero-order valence-electron chi connectivity index (χ0n) is 18.7. The van der Waals surface area contributed by atoms with Crippen LogP contribution in [0.5, 0.6) is 0 Å². The second kappa shape index (κ2) is 9.00. The highest BCUT2D eigenvalue weighted by Gasteiger charge is 2.82. The van der Waals surface area contributed by atoms with Gasteiger partial charge in [0.2, 0.25) is 5.91 Å². The lowest BCUT2D eigenvalue weighted by Crippen LogP contribution is -2.62. The van der Waals surface area contributed by atoms with Gasteiger partial charge in [0.1, 0.15) is 0 Å². The van der Waals surface area contributed by atoms with Gasteiger partial charge in [0.05, 0.1) is 17.7 Å². The zero-order chi connectivity index (χ0) is 27.3. The zero-order valence-corrected chi connectivity index (χ0v) is 19.5. The third-order valence-electron chi connectivity index (χ3n) is 6.26. The molecular weight excluding hydrogens is 525 g/mol. The first-order valence-corrected chi connectivity index (χ1v) is 10.8. The smallest absolute Gasteiger partial charge is 0.307 e. The highest BCUT2D eigenvalue weighted by atomic mass is 35.5. The molecule has 196 valence electrons. The average Bonchev–Trinajstić information content (AvgIpc) is 2.94. The monoisotopic (exact) mass is 543 g/mol. The van der Waals surface area contributed by atoms with Gasteiger partial charge in [-0.25, -0.2) is 0 Å². The topological polar surface area (TPSA) is 20.3 Å². The van der Waals surface area contributed by atoms with Crippen LogP contribution in [-0.2, 0) is 11.3 Å². The van der Waals surface area contributed by atoms with E-state index in [9.17, 15) is 44.3 Å². The first-order valence-electron chi connectivity index (χ1n) is 10.4. The molecular formula is C24H19ClF9NO. The molecule has 0 N–H and O–H groups in total. The Morgan fingerprint density at radius 2 is 1.36 bits per heavy atom. The number of hydrogen-bond acceptors (Lipinski definition) is 1. The molecule has 1 amide bonds. The van der Waals surface area contributed by atoms with Crippen LogP contribution in [-0.4, -0.2) is 34.8 Å². The first-order chi connectivity index (χ1) is 16.4. The lowest BCUT2D eigenvalue weighted by atomic mass is 9.76. The fourth-order valence-corrected chi connectivity index (χ4v) is 4.22. The number of nitrogens with zero attached hydrogens (tertiary/aromatic N) is 1. The molecule has 1 atom stereocenters. The Bertz CT molecular complexity index is 1160. The molecule has 1 aliphatic rings. The van der Waals surface area contributed by atoms with Crippen molar-refractivity contribution < 1.29 is 44.3 Å². The highest BCUT2D eigenvalue weighted by Crippen LogP contribution is 2.58. The van der Waals surface area contributed by atoms with Crippen molar-refractivity contribution in [2.75, 3.05) is 0 Å². The molecule has 0 bridgehead atoms. The van der Waals surface area contributed by atoms with Gasteiger partial charge in [-0.3, -0.25) is 4.79 Å². The Hall–Kier alpha value is -2.69. The van der Waals surface area contributed by atoms with Crippen LogP contribution in [0.25, 0.3) is 5.70 Å². The van der Waals surface area contributed by atoms with E-state index in [-0.39, 0.29) is 23.4 Å². The molecule has 3 rings (SSSR count). The van der Waals surface area contributed by atoms with Crippen molar-refractivity contribution in [2.45, 2.75) is 50.8 Å². The molecule has 0 aliphatic carbocycles. The van der Waals surface area contributed by atoms with Crippen LogP contribution in [0.4, 0.5) is 39.5 Å². The normalized spacial score (nSPS) is 19.9. The van der Waals surface area contributed by atoms with Crippen molar-refractivity contribution >= 4 is 23.2 Å². The first kappa shape index (κ1) is 27.9. The van der Waals surface area contributed by atoms with Gasteiger partial charge in [-0.2, -0.15) is 39.5 Å². The number of alkyl halides is 9. The van der Waals surface area contributed by atoms with Crippen molar-refractivity contribution in [1.82, 2.24) is 4.90 Å². The quantitative estimate of drug-likeness (QED) is 0.324. The van der Waals surface area contributed by atoms with Crippen molar-refractivity contribution in [3.05, 3.63) is 76.3 Å². The maximum atomic E-state index is 14.7. The van der Waals surface area contributed by atoms with Crippen molar-refractivity contribution in [1.29, 1.82) is 0 Å². The number of halogens is 10. The van der Waals surface area contributed by atoms with Gasteiger partial charge < -0.3 is 4.90 Å². The fraction of sp³-hybridized carbons (Fsp3) is 0.375. The fourth-order valence-electron chi connectivity index (χ4n) is 4.09. The average molecular weight is 544 g/mol. The molecule has 36 heavy (non-hydrogen) atoms. The third kappa shape index (κ3) is 4.46. The van der Waals surface area contributed by atoms with Gasteiger partial charge in [0.15, 0.2) is 0 Å². The van der Waals surface area contributed by atoms with Crippen molar-refractivity contribution in [2.24, 2.45) is 5.41 Å². The van der Waals surface area contributed by atoms with Crippen LogP contribution >= 0.6 is 11.6 Å². The maximum absolute atomic E-state index is 14.7. The van der Waals surface area contributed by atoms with Gasteiger partial charge in [0.25, 0.3) is 0 Å². The Balaban J connectivity index is 2.12. The number of carbonyl (C=O) groups is 1. The molecule has 0 radical (unpaired) electrons. The Labute approximate surface area is 205 Å². The van der Waals surface area contributed by atoms with E-state index in [1.54, 1.807) is 30.3 Å². The van der Waals surface area contributed by atoms with Gasteiger partial charge in [-0.05, 0) is 42.7 Å². The largest absolute Gasteiger partial charge is 0.460 e. The predicted octanol–water partition coefficient (Wildman–Crippen LogP) is 7.98. The van der Waals surface area contributed by atoms with Crippen molar-refractivity contribution in [3.63, 3.8) is 0 Å². The molecule has 12 heteroatoms. The van der Waals surface area contributed by atoms with Crippen LogP contribution in [0.2, 0.25) is 5.02 Å². The summed E-state index contributed by atoms with van der Waals surface area (Å²) in [7, 11) is 0. The summed E-state index contributed by atoms with van der Waals surface area (Å²) in [5, 5.41) is 0.291. The van der Waals surface area contributed by atoms with Crippen LogP contribution in [0, 0.1) is 5.41 Å². The molecule has 2 nitrogen and oxygen atoms in total. The van der Waals surface area contributed by atoms with E-state index < -0.39 is 41.7 Å². The molecule has 0 spiro atoms. The van der Waals surface area contributed by atoms with E-state index in [0.29, 0.717) is 10.6 Å². The minimum absolute atomic E-state index is 0.0321. The number of carbonyl (C=O) groups excluding carboxylic acids is 1. The van der Waals surface area contributed by atoms with E-state index >= 15 is 0 Å². The Morgan fingerprint density at radius 3 is 1.86 bits per heavy atom. The number of hydrogen-bond donors (Lipinski definition) is 0. The predicted molar refractivity (Wildman–Crippen MR) is 115 cm³/mol. The Morgan fingerprint density at radius 1 is 0.833 bits per heavy atom. The van der Waals surface area contributed by atoms with E-state index in [4.69, 9.17) is 11.6 Å². The van der Waals surface area contributed by atoms with Gasteiger partial charge in [0, 0.05) is 11.4 Å². The standard InChI is InChI=1S/C24H19ClF9NO/c1-14-18(16-8-10-17(25)11-9-16)35(12-15-6-4-3-5-7-15)19(36)20(14,2)13-21(26,27)22(28,29)23(30,31)24(32,33)34/h3-11H,12-13H2,1-2H3. The highest BCUT2D eigenvalue weighted by molar-refractivity contribution is 6.30. The summed E-state index contributed by atoms with van der Waals surface area (Å²) in [6.45, 7) is 1.79. The minimum Gasteiger partial charge on any atom is -0.307 e. The summed E-state index contributed by atoms with van der Waals surface area (Å²) in [6.07, 6.45) is -9.23. The lowest BCUT2D eigenvalue weighted by Gasteiger charge is -2.37. The molecule has 0 aromatic heterocycles. The van der Waals surface area contributed by atoms with E-state index in [1.807, 2.05) is 0 Å². The van der Waals surface area contributed by atoms with Crippen LogP contribution in [0.3, 0.4) is 0 Å². The molecule has 2 aromatic carbocycles. The molecule has 1 aliphatic heterocycles. The maximum Gasteiger partial charge on any atom is 0.460 e. The van der Waals surface area contributed by atoms with Crippen LogP contribution in [0.1, 0.15) is 31.4 Å². The van der Waals surface area contributed by atoms with E-state index in [1.165, 1.54) is 31.2 Å². The number of amides is 1. The van der Waals surface area contributed by atoms with Gasteiger partial charge in [-0.1, -0.05) is 54.1 Å². The third-order valence-corrected chi connectivity index (χ3v) is 6.51. The molecule has 0 saturated heterocycles. The van der Waals surface area contributed by atoms with Crippen LogP contribution in [0.15, 0.2) is 60.2 Å². The number of benzene rings is 2. The summed E-state index contributed by atoms with van der Waals surface area (Å²) < 4.78 is 122. The summed E-state index contributed by atoms with van der Waals surface area (Å²) in [5.41, 5.74) is -1.89. The summed E-state index contributed by atoms with van der Waals surface area (Å²) in [4.78, 5) is 14.4. The van der Waals surface area contributed by atoms with Gasteiger partial charge >= 0.3 is 23.9 Å². The Kier molecular flexibility index (Phi) is 6.98. The second-order valence-electron chi connectivity index (χ2n) is 8.72. The van der Waals surface area contributed by atoms with E-state index in [0.717, 1.165) is 11.8 Å². The molecule has 0 saturated carbocycles. The summed E-state index contributed by atoms with van der Waals surface area (Å²) in [5.74, 6) is -20.9.